The van der Waals surface area contributed by atoms with Crippen molar-refractivity contribution in [2.45, 2.75) is 33.6 Å². The zero-order valence-corrected chi connectivity index (χ0v) is 22.2. The Hall–Kier alpha value is -2.29. The number of hydrogen-bond acceptors (Lipinski definition) is 3. The molecular formula is C25H37IN4O2. The normalized spacial score (nSPS) is 10.8. The van der Waals surface area contributed by atoms with Crippen molar-refractivity contribution in [3.63, 3.8) is 0 Å². The molecule has 0 aromatic heterocycles. The predicted octanol–water partition coefficient (Wildman–Crippen LogP) is 4.19. The van der Waals surface area contributed by atoms with E-state index in [1.54, 1.807) is 19.0 Å². The number of ether oxygens (including phenoxy) is 1. The molecular weight excluding hydrogens is 515 g/mol. The predicted molar refractivity (Wildman–Crippen MR) is 144 cm³/mol. The number of hydrogen-bond donors (Lipinski definition) is 2. The standard InChI is InChI=1S/C25H36N4O2.HI/c1-6-26-25(27-15-9-17-31-23-19(2)10-7-11-20(23)3)28-16-14-21-12-8-13-22(18-21)24(30)29(4)5;/h7-8,10-13,18H,6,9,14-17H2,1-5H3,(H2,26,27,28);1H. The lowest BCUT2D eigenvalue weighted by Gasteiger charge is -2.13. The highest BCUT2D eigenvalue weighted by molar-refractivity contribution is 14.0. The Morgan fingerprint density at radius 2 is 1.75 bits per heavy atom. The van der Waals surface area contributed by atoms with Crippen molar-refractivity contribution in [3.8, 4) is 5.75 Å². The fourth-order valence-electron chi connectivity index (χ4n) is 3.24. The van der Waals surface area contributed by atoms with E-state index >= 15 is 0 Å². The number of nitrogens with zero attached hydrogens (tertiary/aromatic N) is 2. The molecule has 2 aromatic rings. The highest BCUT2D eigenvalue weighted by Gasteiger charge is 2.08. The van der Waals surface area contributed by atoms with Crippen LogP contribution in [0.25, 0.3) is 0 Å². The summed E-state index contributed by atoms with van der Waals surface area (Å²) in [5.74, 6) is 1.80. The molecule has 1 amide bonds. The van der Waals surface area contributed by atoms with Gasteiger partial charge in [-0.3, -0.25) is 9.79 Å². The number of guanidine groups is 1. The number of aryl methyl sites for hydroxylation is 2. The molecule has 0 radical (unpaired) electrons. The summed E-state index contributed by atoms with van der Waals surface area (Å²) in [5, 5.41) is 6.65. The zero-order chi connectivity index (χ0) is 22.6. The van der Waals surface area contributed by atoms with Gasteiger partial charge in [0, 0.05) is 45.7 Å². The molecule has 2 aromatic carbocycles. The largest absolute Gasteiger partial charge is 0.493 e. The zero-order valence-electron chi connectivity index (χ0n) is 19.9. The number of halogens is 1. The van der Waals surface area contributed by atoms with Crippen molar-refractivity contribution in [1.82, 2.24) is 15.5 Å². The molecule has 0 spiro atoms. The molecule has 2 N–H and O–H groups in total. The Balaban J connectivity index is 0.00000512. The van der Waals surface area contributed by atoms with E-state index in [4.69, 9.17) is 4.74 Å². The molecule has 2 rings (SSSR count). The maximum absolute atomic E-state index is 12.1. The number of amides is 1. The van der Waals surface area contributed by atoms with Crippen molar-refractivity contribution in [3.05, 3.63) is 64.7 Å². The molecule has 0 bridgehead atoms. The maximum atomic E-state index is 12.1. The van der Waals surface area contributed by atoms with E-state index in [9.17, 15) is 4.79 Å². The molecule has 7 heteroatoms. The van der Waals surface area contributed by atoms with Crippen LogP contribution >= 0.6 is 24.0 Å². The van der Waals surface area contributed by atoms with Gasteiger partial charge in [-0.25, -0.2) is 0 Å². The minimum Gasteiger partial charge on any atom is -0.493 e. The molecule has 0 aliphatic heterocycles. The van der Waals surface area contributed by atoms with Gasteiger partial charge in [0.2, 0.25) is 0 Å². The fraction of sp³-hybridized carbons (Fsp3) is 0.440. The number of rotatable bonds is 10. The molecule has 0 heterocycles. The first-order valence-electron chi connectivity index (χ1n) is 10.9. The van der Waals surface area contributed by atoms with Gasteiger partial charge in [0.15, 0.2) is 5.96 Å². The van der Waals surface area contributed by atoms with E-state index in [0.717, 1.165) is 54.3 Å². The smallest absolute Gasteiger partial charge is 0.253 e. The van der Waals surface area contributed by atoms with Gasteiger partial charge >= 0.3 is 0 Å². The fourth-order valence-corrected chi connectivity index (χ4v) is 3.24. The average Bonchev–Trinajstić information content (AvgIpc) is 2.75. The third-order valence-electron chi connectivity index (χ3n) is 4.86. The molecule has 0 fully saturated rings. The third kappa shape index (κ3) is 9.06. The Kier molecular flexibility index (Phi) is 12.8. The minimum absolute atomic E-state index is 0. The first-order chi connectivity index (χ1) is 14.9. The van der Waals surface area contributed by atoms with Crippen LogP contribution in [0.5, 0.6) is 5.75 Å². The minimum atomic E-state index is 0. The Labute approximate surface area is 209 Å². The van der Waals surface area contributed by atoms with Crippen LogP contribution in [0.2, 0.25) is 0 Å². The van der Waals surface area contributed by atoms with Crippen LogP contribution in [0.3, 0.4) is 0 Å². The summed E-state index contributed by atoms with van der Waals surface area (Å²) < 4.78 is 5.95. The molecule has 0 aliphatic carbocycles. The average molecular weight is 553 g/mol. The second-order valence-corrected chi connectivity index (χ2v) is 7.76. The van der Waals surface area contributed by atoms with Gasteiger partial charge in [-0.1, -0.05) is 30.3 Å². The Morgan fingerprint density at radius 1 is 1.06 bits per heavy atom. The van der Waals surface area contributed by atoms with Crippen molar-refractivity contribution in [2.24, 2.45) is 4.99 Å². The van der Waals surface area contributed by atoms with Gasteiger partial charge in [0.05, 0.1) is 6.61 Å². The molecule has 0 unspecified atom stereocenters. The monoisotopic (exact) mass is 552 g/mol. The van der Waals surface area contributed by atoms with Crippen LogP contribution in [0.4, 0.5) is 0 Å². The first-order valence-corrected chi connectivity index (χ1v) is 10.9. The van der Waals surface area contributed by atoms with Crippen LogP contribution in [0.15, 0.2) is 47.5 Å². The molecule has 0 saturated heterocycles. The van der Waals surface area contributed by atoms with Crippen LogP contribution in [0.1, 0.15) is 40.4 Å². The van der Waals surface area contributed by atoms with Gasteiger partial charge in [0.25, 0.3) is 5.91 Å². The highest BCUT2D eigenvalue weighted by atomic mass is 127. The third-order valence-corrected chi connectivity index (χ3v) is 4.86. The maximum Gasteiger partial charge on any atom is 0.253 e. The highest BCUT2D eigenvalue weighted by Crippen LogP contribution is 2.22. The van der Waals surface area contributed by atoms with Crippen LogP contribution in [-0.2, 0) is 6.42 Å². The van der Waals surface area contributed by atoms with E-state index in [-0.39, 0.29) is 29.9 Å². The van der Waals surface area contributed by atoms with Gasteiger partial charge in [-0.15, -0.1) is 24.0 Å². The summed E-state index contributed by atoms with van der Waals surface area (Å²) in [6.07, 6.45) is 1.66. The molecule has 0 aliphatic rings. The molecule has 6 nitrogen and oxygen atoms in total. The molecule has 0 saturated carbocycles. The topological polar surface area (TPSA) is 66.0 Å². The van der Waals surface area contributed by atoms with Crippen LogP contribution < -0.4 is 15.4 Å². The second-order valence-electron chi connectivity index (χ2n) is 7.76. The van der Waals surface area contributed by atoms with Crippen molar-refractivity contribution < 1.29 is 9.53 Å². The van der Waals surface area contributed by atoms with E-state index in [1.807, 2.05) is 30.3 Å². The van der Waals surface area contributed by atoms with Crippen molar-refractivity contribution >= 4 is 35.8 Å². The molecule has 32 heavy (non-hydrogen) atoms. The lowest BCUT2D eigenvalue weighted by Crippen LogP contribution is -2.38. The van der Waals surface area contributed by atoms with E-state index < -0.39 is 0 Å². The van der Waals surface area contributed by atoms with Crippen LogP contribution in [-0.4, -0.2) is 57.1 Å². The summed E-state index contributed by atoms with van der Waals surface area (Å²) in [6, 6.07) is 14.0. The number of carbonyl (C=O) groups excluding carboxylic acids is 1. The summed E-state index contributed by atoms with van der Waals surface area (Å²) in [4.78, 5) is 18.4. The van der Waals surface area contributed by atoms with Crippen molar-refractivity contribution in [1.29, 1.82) is 0 Å². The van der Waals surface area contributed by atoms with Gasteiger partial charge in [-0.2, -0.15) is 0 Å². The first kappa shape index (κ1) is 27.7. The summed E-state index contributed by atoms with van der Waals surface area (Å²) in [5.41, 5.74) is 4.16. The number of benzene rings is 2. The van der Waals surface area contributed by atoms with Gasteiger partial charge in [-0.05, 0) is 56.0 Å². The van der Waals surface area contributed by atoms with E-state index in [0.29, 0.717) is 18.7 Å². The Morgan fingerprint density at radius 3 is 2.41 bits per heavy atom. The Bertz CT molecular complexity index is 864. The quantitative estimate of drug-likeness (QED) is 0.201. The van der Waals surface area contributed by atoms with Gasteiger partial charge in [0.1, 0.15) is 5.75 Å². The second kappa shape index (κ2) is 14.7. The summed E-state index contributed by atoms with van der Waals surface area (Å²) in [7, 11) is 3.53. The summed E-state index contributed by atoms with van der Waals surface area (Å²) >= 11 is 0. The van der Waals surface area contributed by atoms with E-state index in [1.165, 1.54) is 0 Å². The van der Waals surface area contributed by atoms with Crippen molar-refractivity contribution in [2.75, 3.05) is 40.3 Å². The lowest BCUT2D eigenvalue weighted by molar-refractivity contribution is 0.0827. The number of para-hydroxylation sites is 1. The number of nitrogens with one attached hydrogen (secondary N) is 2. The SMILES string of the molecule is CCNC(=NCCCOc1c(C)cccc1C)NCCc1cccc(C(=O)N(C)C)c1.I. The number of aliphatic imine (C=N–C) groups is 1. The molecule has 0 atom stereocenters. The summed E-state index contributed by atoms with van der Waals surface area (Å²) in [6.45, 7) is 9.06. The lowest BCUT2D eigenvalue weighted by atomic mass is 10.1. The van der Waals surface area contributed by atoms with E-state index in [2.05, 4.69) is 48.5 Å². The number of carbonyl (C=O) groups is 1. The van der Waals surface area contributed by atoms with Gasteiger partial charge < -0.3 is 20.3 Å². The molecule has 176 valence electrons. The van der Waals surface area contributed by atoms with Crippen LogP contribution in [0, 0.1) is 13.8 Å².